The van der Waals surface area contributed by atoms with E-state index in [0.717, 1.165) is 12.1 Å². The number of hydrogen-bond donors (Lipinski definition) is 2. The minimum absolute atomic E-state index is 0.0575. The Morgan fingerprint density at radius 2 is 1.78 bits per heavy atom. The zero-order valence-electron chi connectivity index (χ0n) is 15.8. The maximum atomic E-state index is 12.0. The second-order valence-corrected chi connectivity index (χ2v) is 6.67. The van der Waals surface area contributed by atoms with Gasteiger partial charge in [-0.1, -0.05) is 24.3 Å². The maximum absolute atomic E-state index is 12.0. The second kappa shape index (κ2) is 11.1. The molecular formula is C19H29F3N4O. The molecule has 1 fully saturated rings. The first kappa shape index (κ1) is 21.5. The van der Waals surface area contributed by atoms with E-state index in [1.165, 1.54) is 31.5 Å². The summed E-state index contributed by atoms with van der Waals surface area (Å²) in [6.07, 6.45) is -1.21. The molecule has 0 saturated carbocycles. The van der Waals surface area contributed by atoms with E-state index in [4.69, 9.17) is 0 Å². The van der Waals surface area contributed by atoms with Gasteiger partial charge in [-0.3, -0.25) is 9.89 Å². The fraction of sp³-hybridized carbons (Fsp3) is 0.632. The molecular weight excluding hydrogens is 357 g/mol. The van der Waals surface area contributed by atoms with Gasteiger partial charge in [-0.05, 0) is 43.5 Å². The summed E-state index contributed by atoms with van der Waals surface area (Å²) in [5, 5.41) is 6.27. The lowest BCUT2D eigenvalue weighted by molar-refractivity contribution is -0.173. The molecule has 1 aliphatic rings. The Bertz CT molecular complexity index is 569. The molecule has 1 aromatic rings. The summed E-state index contributed by atoms with van der Waals surface area (Å²) < 4.78 is 40.5. The highest BCUT2D eigenvalue weighted by atomic mass is 19.4. The van der Waals surface area contributed by atoms with Gasteiger partial charge in [0.15, 0.2) is 5.96 Å². The van der Waals surface area contributed by atoms with Crippen molar-refractivity contribution in [2.75, 3.05) is 39.9 Å². The van der Waals surface area contributed by atoms with E-state index in [1.807, 2.05) is 0 Å². The Hall–Kier alpha value is -1.80. The minimum atomic E-state index is -4.27. The highest BCUT2D eigenvalue weighted by Crippen LogP contribution is 2.14. The lowest BCUT2D eigenvalue weighted by Crippen LogP contribution is -2.37. The van der Waals surface area contributed by atoms with Gasteiger partial charge in [0.25, 0.3) is 0 Å². The number of alkyl halides is 3. The summed E-state index contributed by atoms with van der Waals surface area (Å²) in [6.45, 7) is 3.36. The average Bonchev–Trinajstić information content (AvgIpc) is 3.14. The van der Waals surface area contributed by atoms with Crippen molar-refractivity contribution < 1.29 is 17.9 Å². The smallest absolute Gasteiger partial charge is 0.372 e. The van der Waals surface area contributed by atoms with Gasteiger partial charge < -0.3 is 15.4 Å². The molecule has 0 aliphatic carbocycles. The van der Waals surface area contributed by atoms with Gasteiger partial charge in [-0.2, -0.15) is 13.2 Å². The van der Waals surface area contributed by atoms with Crippen molar-refractivity contribution >= 4 is 5.96 Å². The van der Waals surface area contributed by atoms with Gasteiger partial charge in [-0.25, -0.2) is 0 Å². The van der Waals surface area contributed by atoms with Crippen molar-refractivity contribution in [3.63, 3.8) is 0 Å². The van der Waals surface area contributed by atoms with E-state index in [-0.39, 0.29) is 6.61 Å². The molecule has 8 heteroatoms. The molecule has 0 aromatic heterocycles. The van der Waals surface area contributed by atoms with E-state index >= 15 is 0 Å². The summed E-state index contributed by atoms with van der Waals surface area (Å²) in [7, 11) is 1.66. The van der Waals surface area contributed by atoms with Gasteiger partial charge in [0, 0.05) is 33.3 Å². The molecule has 1 aromatic carbocycles. The molecule has 152 valence electrons. The minimum Gasteiger partial charge on any atom is -0.372 e. The summed E-state index contributed by atoms with van der Waals surface area (Å²) in [5.41, 5.74) is 2.47. The van der Waals surface area contributed by atoms with Crippen LogP contribution >= 0.6 is 0 Å². The van der Waals surface area contributed by atoms with Crippen LogP contribution < -0.4 is 10.6 Å². The molecule has 1 aliphatic heterocycles. The van der Waals surface area contributed by atoms with Crippen LogP contribution in [0.2, 0.25) is 0 Å². The van der Waals surface area contributed by atoms with Crippen LogP contribution in [0.25, 0.3) is 0 Å². The summed E-state index contributed by atoms with van der Waals surface area (Å²) in [5.74, 6) is 0.618. The summed E-state index contributed by atoms with van der Waals surface area (Å²) in [4.78, 5) is 6.58. The zero-order valence-corrected chi connectivity index (χ0v) is 15.8. The molecule has 1 saturated heterocycles. The SMILES string of the molecule is CN=C(NCCCOCC(F)(F)F)NCc1ccc(CN2CCCC2)cc1. The Kier molecular flexibility index (Phi) is 8.87. The molecule has 5 nitrogen and oxygen atoms in total. The van der Waals surface area contributed by atoms with Crippen LogP contribution in [0.5, 0.6) is 0 Å². The molecule has 1 heterocycles. The first-order chi connectivity index (χ1) is 13.0. The van der Waals surface area contributed by atoms with E-state index in [9.17, 15) is 13.2 Å². The fourth-order valence-electron chi connectivity index (χ4n) is 2.94. The van der Waals surface area contributed by atoms with E-state index < -0.39 is 12.8 Å². The predicted molar refractivity (Wildman–Crippen MR) is 101 cm³/mol. The lowest BCUT2D eigenvalue weighted by Gasteiger charge is -2.15. The number of nitrogens with one attached hydrogen (secondary N) is 2. The molecule has 2 N–H and O–H groups in total. The molecule has 27 heavy (non-hydrogen) atoms. The third kappa shape index (κ3) is 9.10. The number of guanidine groups is 1. The van der Waals surface area contributed by atoms with Crippen molar-refractivity contribution in [1.82, 2.24) is 15.5 Å². The number of benzene rings is 1. The van der Waals surface area contributed by atoms with Gasteiger partial charge in [0.1, 0.15) is 6.61 Å². The van der Waals surface area contributed by atoms with Crippen LogP contribution in [0.1, 0.15) is 30.4 Å². The van der Waals surface area contributed by atoms with Crippen LogP contribution in [-0.2, 0) is 17.8 Å². The molecule has 0 bridgehead atoms. The van der Waals surface area contributed by atoms with Gasteiger partial charge in [0.05, 0.1) is 0 Å². The lowest BCUT2D eigenvalue weighted by atomic mass is 10.1. The maximum Gasteiger partial charge on any atom is 0.411 e. The van der Waals surface area contributed by atoms with Gasteiger partial charge >= 0.3 is 6.18 Å². The van der Waals surface area contributed by atoms with Crippen LogP contribution in [0.3, 0.4) is 0 Å². The number of nitrogens with zero attached hydrogens (tertiary/aromatic N) is 2. The first-order valence-electron chi connectivity index (χ1n) is 9.35. The number of halogens is 3. The van der Waals surface area contributed by atoms with E-state index in [1.54, 1.807) is 7.05 Å². The monoisotopic (exact) mass is 386 g/mol. The van der Waals surface area contributed by atoms with Crippen LogP contribution in [0.15, 0.2) is 29.3 Å². The predicted octanol–water partition coefficient (Wildman–Crippen LogP) is 2.92. The van der Waals surface area contributed by atoms with Crippen molar-refractivity contribution in [3.05, 3.63) is 35.4 Å². The molecule has 2 rings (SSSR count). The Labute approximate surface area is 159 Å². The third-order valence-corrected chi connectivity index (χ3v) is 4.34. The van der Waals surface area contributed by atoms with Gasteiger partial charge in [-0.15, -0.1) is 0 Å². The normalized spacial score (nSPS) is 15.9. The summed E-state index contributed by atoms with van der Waals surface area (Å²) in [6, 6.07) is 8.53. The van der Waals surface area contributed by atoms with Crippen molar-refractivity contribution in [2.24, 2.45) is 4.99 Å². The van der Waals surface area contributed by atoms with E-state index in [0.29, 0.717) is 25.5 Å². The second-order valence-electron chi connectivity index (χ2n) is 6.67. The Morgan fingerprint density at radius 1 is 1.11 bits per heavy atom. The standard InChI is InChI=1S/C19H29F3N4O/c1-23-18(24-9-4-12-27-15-19(20,21)22)25-13-16-5-7-17(8-6-16)14-26-10-2-3-11-26/h5-8H,2-4,9-15H2,1H3,(H2,23,24,25). The highest BCUT2D eigenvalue weighted by Gasteiger charge is 2.27. The Morgan fingerprint density at radius 3 is 2.41 bits per heavy atom. The van der Waals surface area contributed by atoms with Crippen molar-refractivity contribution in [1.29, 1.82) is 0 Å². The van der Waals surface area contributed by atoms with Crippen LogP contribution in [0, 0.1) is 0 Å². The number of aliphatic imine (C=N–C) groups is 1. The summed E-state index contributed by atoms with van der Waals surface area (Å²) >= 11 is 0. The Balaban J connectivity index is 1.62. The molecule has 0 spiro atoms. The third-order valence-electron chi connectivity index (χ3n) is 4.34. The largest absolute Gasteiger partial charge is 0.411 e. The number of ether oxygens (including phenoxy) is 1. The number of rotatable bonds is 9. The molecule has 0 radical (unpaired) electrons. The van der Waals surface area contributed by atoms with Crippen molar-refractivity contribution in [2.45, 2.75) is 38.5 Å². The van der Waals surface area contributed by atoms with Gasteiger partial charge in [0.2, 0.25) is 0 Å². The van der Waals surface area contributed by atoms with Crippen molar-refractivity contribution in [3.8, 4) is 0 Å². The van der Waals surface area contributed by atoms with Crippen LogP contribution in [-0.4, -0.2) is 56.9 Å². The van der Waals surface area contributed by atoms with E-state index in [2.05, 4.69) is 49.5 Å². The number of likely N-dealkylation sites (tertiary alicyclic amines) is 1. The fourth-order valence-corrected chi connectivity index (χ4v) is 2.94. The number of hydrogen-bond acceptors (Lipinski definition) is 3. The highest BCUT2D eigenvalue weighted by molar-refractivity contribution is 5.79. The molecule has 0 amide bonds. The van der Waals surface area contributed by atoms with Crippen LogP contribution in [0.4, 0.5) is 13.2 Å². The first-order valence-corrected chi connectivity index (χ1v) is 9.35. The topological polar surface area (TPSA) is 48.9 Å². The zero-order chi connectivity index (χ0) is 19.5. The molecule has 0 unspecified atom stereocenters. The average molecular weight is 386 g/mol. The quantitative estimate of drug-likeness (QED) is 0.389. The molecule has 0 atom stereocenters.